The molecule has 1 rings (SSSR count). The summed E-state index contributed by atoms with van der Waals surface area (Å²) >= 11 is 0. The molecule has 76 valence electrons. The van der Waals surface area contributed by atoms with Crippen LogP contribution in [-0.4, -0.2) is 30.7 Å². The molecule has 0 radical (unpaired) electrons. The van der Waals surface area contributed by atoms with Gasteiger partial charge in [0.1, 0.15) is 7.05 Å². The third-order valence-corrected chi connectivity index (χ3v) is 3.70. The van der Waals surface area contributed by atoms with E-state index < -0.39 is 0 Å². The summed E-state index contributed by atoms with van der Waals surface area (Å²) in [7, 11) is 5.86. The van der Waals surface area contributed by atoms with Gasteiger partial charge < -0.3 is 4.58 Å². The van der Waals surface area contributed by atoms with E-state index in [-0.39, 0.29) is 7.92 Å². The summed E-state index contributed by atoms with van der Waals surface area (Å²) in [5.74, 6) is 0. The fourth-order valence-electron chi connectivity index (χ4n) is 1.38. The van der Waals surface area contributed by atoms with Gasteiger partial charge in [-0.05, 0) is 38.2 Å². The minimum atomic E-state index is -0.0489. The van der Waals surface area contributed by atoms with Crippen LogP contribution in [0.2, 0.25) is 0 Å². The normalized spacial score (nSPS) is 12.9. The lowest BCUT2D eigenvalue weighted by Crippen LogP contribution is -2.17. The van der Waals surface area contributed by atoms with Crippen molar-refractivity contribution < 1.29 is 4.58 Å². The van der Waals surface area contributed by atoms with Crippen molar-refractivity contribution in [1.82, 2.24) is 0 Å². The third-order valence-electron chi connectivity index (χ3n) is 2.35. The molecule has 0 bridgehead atoms. The van der Waals surface area contributed by atoms with Crippen LogP contribution in [0.1, 0.15) is 12.5 Å². The molecule has 0 heterocycles. The Morgan fingerprint density at radius 2 is 1.86 bits per heavy atom. The summed E-state index contributed by atoms with van der Waals surface area (Å²) in [6.45, 7) is 6.68. The molecule has 14 heavy (non-hydrogen) atoms. The van der Waals surface area contributed by atoms with E-state index in [9.17, 15) is 0 Å². The predicted molar refractivity (Wildman–Crippen MR) is 66.2 cm³/mol. The fraction of sp³-hybridized carbons (Fsp3) is 0.333. The zero-order chi connectivity index (χ0) is 10.7. The summed E-state index contributed by atoms with van der Waals surface area (Å²) < 4.78 is 1.93. The molecule has 0 N–H and O–H groups in total. The maximum Gasteiger partial charge on any atom is 0.105 e. The second-order valence-electron chi connectivity index (χ2n) is 3.69. The largest absolute Gasteiger partial charge is 0.368 e. The summed E-state index contributed by atoms with van der Waals surface area (Å²) in [4.78, 5) is 0. The summed E-state index contributed by atoms with van der Waals surface area (Å²) in [5.41, 5.74) is 2.57. The van der Waals surface area contributed by atoms with Gasteiger partial charge in [0.05, 0.1) is 0 Å². The molecule has 1 aromatic rings. The third kappa shape index (κ3) is 2.36. The summed E-state index contributed by atoms with van der Waals surface area (Å²) in [6, 6.07) is 8.59. The van der Waals surface area contributed by atoms with E-state index in [1.54, 1.807) is 0 Å². The Balaban J connectivity index is 3.28. The Labute approximate surface area is 88.2 Å². The molecule has 0 amide bonds. The Kier molecular flexibility index (Phi) is 3.71. The van der Waals surface area contributed by atoms with Crippen molar-refractivity contribution in [2.45, 2.75) is 6.92 Å². The van der Waals surface area contributed by atoms with Gasteiger partial charge >= 0.3 is 0 Å². The predicted octanol–water partition coefficient (Wildman–Crippen LogP) is 2.30. The molecule has 2 heteroatoms. The first-order valence-corrected chi connectivity index (χ1v) is 6.92. The van der Waals surface area contributed by atoms with Crippen molar-refractivity contribution in [1.29, 1.82) is 0 Å². The average Bonchev–Trinajstić information content (AvgIpc) is 2.16. The number of hydrogen-bond donors (Lipinski definition) is 0. The second kappa shape index (κ2) is 4.61. The highest BCUT2D eigenvalue weighted by atomic mass is 31.1. The van der Waals surface area contributed by atoms with Gasteiger partial charge in [-0.1, -0.05) is 32.2 Å². The lowest BCUT2D eigenvalue weighted by molar-refractivity contribution is -0.429. The molecule has 1 nitrogen and oxygen atoms in total. The van der Waals surface area contributed by atoms with Crippen LogP contribution >= 0.6 is 7.92 Å². The second-order valence-corrected chi connectivity index (χ2v) is 5.97. The van der Waals surface area contributed by atoms with Gasteiger partial charge in [0.2, 0.25) is 0 Å². The maximum absolute atomic E-state index is 3.92. The van der Waals surface area contributed by atoms with Gasteiger partial charge in [0.15, 0.2) is 0 Å². The average molecular weight is 207 g/mol. The Morgan fingerprint density at radius 3 is 2.36 bits per heavy atom. The van der Waals surface area contributed by atoms with E-state index in [2.05, 4.69) is 51.6 Å². The van der Waals surface area contributed by atoms with E-state index in [0.717, 1.165) is 0 Å². The molecular formula is C12H18NP. The van der Waals surface area contributed by atoms with Gasteiger partial charge in [-0.3, -0.25) is 0 Å². The highest BCUT2D eigenvalue weighted by Gasteiger charge is 2.06. The van der Waals surface area contributed by atoms with E-state index in [1.807, 2.05) is 11.6 Å². The molecule has 0 aliphatic heterocycles. The van der Waals surface area contributed by atoms with E-state index >= 15 is 0 Å². The zero-order valence-corrected chi connectivity index (χ0v) is 10.3. The fourth-order valence-corrected chi connectivity index (χ4v) is 2.48. The molecule has 0 saturated heterocycles. The van der Waals surface area contributed by atoms with Crippen molar-refractivity contribution in [3.8, 4) is 0 Å². The van der Waals surface area contributed by atoms with E-state index in [0.29, 0.717) is 0 Å². The van der Waals surface area contributed by atoms with Crippen LogP contribution in [-0.2, 0) is 0 Å². The zero-order valence-electron chi connectivity index (χ0n) is 9.41. The lowest BCUT2D eigenvalue weighted by atomic mass is 10.1. The van der Waals surface area contributed by atoms with Crippen LogP contribution < -0.4 is 5.30 Å². The molecule has 0 aliphatic rings. The molecular weight excluding hydrogens is 189 g/mol. The monoisotopic (exact) mass is 207 g/mol. The molecule has 0 saturated carbocycles. The highest BCUT2D eigenvalue weighted by Crippen LogP contribution is 2.25. The van der Waals surface area contributed by atoms with Gasteiger partial charge in [0.25, 0.3) is 0 Å². The maximum atomic E-state index is 3.92. The van der Waals surface area contributed by atoms with Crippen LogP contribution in [0.15, 0.2) is 24.3 Å². The van der Waals surface area contributed by atoms with Gasteiger partial charge in [0, 0.05) is 5.71 Å². The van der Waals surface area contributed by atoms with E-state index in [4.69, 9.17) is 0 Å². The van der Waals surface area contributed by atoms with Crippen LogP contribution in [0.3, 0.4) is 0 Å². The van der Waals surface area contributed by atoms with Crippen LogP contribution in [0.4, 0.5) is 0 Å². The molecule has 0 spiro atoms. The van der Waals surface area contributed by atoms with Crippen molar-refractivity contribution in [3.05, 3.63) is 36.9 Å². The van der Waals surface area contributed by atoms with Gasteiger partial charge in [-0.25, -0.2) is 0 Å². The molecule has 0 fully saturated rings. The first kappa shape index (κ1) is 11.3. The topological polar surface area (TPSA) is 3.01 Å². The van der Waals surface area contributed by atoms with Crippen LogP contribution in [0.25, 0.3) is 0 Å². The molecule has 0 aromatic heterocycles. The summed E-state index contributed by atoms with van der Waals surface area (Å²) in [6.07, 6.45) is 0. The first-order chi connectivity index (χ1) is 6.54. The van der Waals surface area contributed by atoms with Crippen LogP contribution in [0.5, 0.6) is 0 Å². The van der Waals surface area contributed by atoms with Gasteiger partial charge in [-0.2, -0.15) is 0 Å². The minimum Gasteiger partial charge on any atom is -0.368 e. The van der Waals surface area contributed by atoms with Crippen molar-refractivity contribution in [2.75, 3.05) is 20.4 Å². The number of hydrogen-bond acceptors (Lipinski definition) is 0. The summed E-state index contributed by atoms with van der Waals surface area (Å²) in [5, 5.41) is 1.45. The quantitative estimate of drug-likeness (QED) is 0.303. The minimum absolute atomic E-state index is 0.0489. The van der Waals surface area contributed by atoms with E-state index in [1.165, 1.54) is 16.6 Å². The number of rotatable bonds is 2. The van der Waals surface area contributed by atoms with Gasteiger partial charge in [-0.15, -0.1) is 0 Å². The smallest absolute Gasteiger partial charge is 0.105 e. The number of nitrogens with zero attached hydrogens (tertiary/aromatic N) is 1. The molecule has 0 atom stereocenters. The lowest BCUT2D eigenvalue weighted by Gasteiger charge is -2.15. The molecule has 0 aliphatic carbocycles. The standard InChI is InChI=1S/C12H18NP/c1-10(13(2)3)11-8-6-7-9-12(11)14(4)5/h6-9H,2H2,1,3-5H3. The van der Waals surface area contributed by atoms with Crippen molar-refractivity contribution in [2.24, 2.45) is 0 Å². The highest BCUT2D eigenvalue weighted by molar-refractivity contribution is 7.64. The van der Waals surface area contributed by atoms with Crippen LogP contribution in [0, 0.1) is 7.05 Å². The van der Waals surface area contributed by atoms with Crippen molar-refractivity contribution in [3.63, 3.8) is 0 Å². The SMILES string of the molecule is [CH2-]/[N+](C)=C(/C)c1ccccc1P(C)C. The Morgan fingerprint density at radius 1 is 1.29 bits per heavy atom. The Hall–Kier alpha value is -0.810. The van der Waals surface area contributed by atoms with Crippen molar-refractivity contribution >= 4 is 18.9 Å². The molecule has 1 aromatic carbocycles. The number of benzene rings is 1. The Bertz CT molecular complexity index is 349. The first-order valence-electron chi connectivity index (χ1n) is 4.68. The molecule has 0 unspecified atom stereocenters.